The van der Waals surface area contributed by atoms with E-state index in [1.54, 1.807) is 12.3 Å². The molecule has 42 valence electrons. The zero-order valence-electron chi connectivity index (χ0n) is 4.90. The molecule has 0 aromatic rings. The summed E-state index contributed by atoms with van der Waals surface area (Å²) in [7, 11) is 0. The molecule has 0 aliphatic carbocycles. The van der Waals surface area contributed by atoms with Gasteiger partial charge < -0.3 is 0 Å². The molecule has 0 aromatic heterocycles. The van der Waals surface area contributed by atoms with Crippen LogP contribution in [0.2, 0.25) is 0 Å². The molecule has 0 spiro atoms. The van der Waals surface area contributed by atoms with Gasteiger partial charge in [0.2, 0.25) is 0 Å². The maximum atomic E-state index is 3.65. The lowest BCUT2D eigenvalue weighted by atomic mass is 10.6. The fraction of sp³-hybridized carbons (Fsp3) is 0.143. The Morgan fingerprint density at radius 1 is 1.75 bits per heavy atom. The van der Waals surface area contributed by atoms with Gasteiger partial charge in [-0.1, -0.05) is 30.8 Å². The summed E-state index contributed by atoms with van der Waals surface area (Å²) in [6.45, 7) is 8.96. The zero-order chi connectivity index (χ0) is 6.41. The molecule has 0 fully saturated rings. The SMILES string of the molecule is C=CSC(=C)C#CC. The van der Waals surface area contributed by atoms with Crippen molar-refractivity contribution < 1.29 is 0 Å². The highest BCUT2D eigenvalue weighted by Gasteiger charge is 1.78. The van der Waals surface area contributed by atoms with Crippen LogP contribution in [-0.4, -0.2) is 0 Å². The van der Waals surface area contributed by atoms with E-state index in [-0.39, 0.29) is 0 Å². The molecule has 0 aliphatic heterocycles. The van der Waals surface area contributed by atoms with E-state index in [0.717, 1.165) is 4.91 Å². The Kier molecular flexibility index (Phi) is 4.20. The van der Waals surface area contributed by atoms with Crippen molar-refractivity contribution in [3.8, 4) is 11.8 Å². The third-order valence-corrected chi connectivity index (χ3v) is 1.04. The van der Waals surface area contributed by atoms with Crippen molar-refractivity contribution in [3.05, 3.63) is 23.5 Å². The molecule has 0 radical (unpaired) electrons. The summed E-state index contributed by atoms with van der Waals surface area (Å²) in [5, 5.41) is 1.71. The summed E-state index contributed by atoms with van der Waals surface area (Å²) >= 11 is 1.45. The fourth-order valence-corrected chi connectivity index (χ4v) is 0.632. The largest absolute Gasteiger partial charge is 0.101 e. The molecule has 1 heteroatoms. The van der Waals surface area contributed by atoms with Gasteiger partial charge in [-0.05, 0) is 12.3 Å². The minimum absolute atomic E-state index is 0.850. The second kappa shape index (κ2) is 4.55. The van der Waals surface area contributed by atoms with Crippen LogP contribution >= 0.6 is 11.8 Å². The first-order valence-corrected chi connectivity index (χ1v) is 3.08. The Bertz CT molecular complexity index is 146. The first-order valence-electron chi connectivity index (χ1n) is 2.20. The van der Waals surface area contributed by atoms with Gasteiger partial charge in [0.1, 0.15) is 0 Å². The van der Waals surface area contributed by atoms with Crippen LogP contribution in [0.1, 0.15) is 6.92 Å². The molecule has 0 aliphatic rings. The van der Waals surface area contributed by atoms with Crippen LogP contribution in [0.5, 0.6) is 0 Å². The first-order chi connectivity index (χ1) is 3.81. The fourth-order valence-electron chi connectivity index (χ4n) is 0.269. The van der Waals surface area contributed by atoms with Gasteiger partial charge in [-0.3, -0.25) is 0 Å². The number of allylic oxidation sites excluding steroid dienone is 1. The zero-order valence-corrected chi connectivity index (χ0v) is 5.72. The van der Waals surface area contributed by atoms with Crippen LogP contribution in [0.4, 0.5) is 0 Å². The molecule has 0 nitrogen and oxygen atoms in total. The molecule has 0 heterocycles. The maximum absolute atomic E-state index is 3.65. The Hall–Kier alpha value is -0.610. The summed E-state index contributed by atoms with van der Waals surface area (Å²) in [6, 6.07) is 0. The summed E-state index contributed by atoms with van der Waals surface area (Å²) in [6.07, 6.45) is 0. The third kappa shape index (κ3) is 3.58. The highest BCUT2D eigenvalue weighted by Crippen LogP contribution is 2.10. The molecular weight excluding hydrogens is 116 g/mol. The molecular formula is C7H8S. The van der Waals surface area contributed by atoms with E-state index >= 15 is 0 Å². The Labute approximate surface area is 54.7 Å². The van der Waals surface area contributed by atoms with Crippen molar-refractivity contribution in [1.82, 2.24) is 0 Å². The van der Waals surface area contributed by atoms with Gasteiger partial charge in [0.25, 0.3) is 0 Å². The minimum Gasteiger partial charge on any atom is -0.101 e. The van der Waals surface area contributed by atoms with Crippen molar-refractivity contribution in [2.24, 2.45) is 0 Å². The second-order valence-electron chi connectivity index (χ2n) is 1.08. The Morgan fingerprint density at radius 2 is 2.38 bits per heavy atom. The quantitative estimate of drug-likeness (QED) is 0.509. The van der Waals surface area contributed by atoms with E-state index < -0.39 is 0 Å². The van der Waals surface area contributed by atoms with Gasteiger partial charge in [-0.25, -0.2) is 0 Å². The molecule has 0 bridgehead atoms. The van der Waals surface area contributed by atoms with E-state index in [9.17, 15) is 0 Å². The summed E-state index contributed by atoms with van der Waals surface area (Å²) in [4.78, 5) is 0.850. The van der Waals surface area contributed by atoms with Crippen LogP contribution in [0.3, 0.4) is 0 Å². The third-order valence-electron chi connectivity index (χ3n) is 0.490. The molecule has 0 rings (SSSR count). The molecule has 0 aromatic carbocycles. The van der Waals surface area contributed by atoms with Crippen molar-refractivity contribution in [2.45, 2.75) is 6.92 Å². The standard InChI is InChI=1S/C7H8S/c1-4-6-7(3)8-5-2/h5H,2-3H2,1H3. The van der Waals surface area contributed by atoms with Gasteiger partial charge in [0.05, 0.1) is 4.91 Å². The highest BCUT2D eigenvalue weighted by atomic mass is 32.2. The van der Waals surface area contributed by atoms with E-state index in [2.05, 4.69) is 25.0 Å². The topological polar surface area (TPSA) is 0 Å². The molecule has 0 saturated heterocycles. The maximum Gasteiger partial charge on any atom is 0.0543 e. The number of thioether (sulfide) groups is 1. The Morgan fingerprint density at radius 3 is 2.75 bits per heavy atom. The first kappa shape index (κ1) is 7.39. The summed E-state index contributed by atoms with van der Waals surface area (Å²) in [5.74, 6) is 5.53. The van der Waals surface area contributed by atoms with Crippen LogP contribution < -0.4 is 0 Å². The van der Waals surface area contributed by atoms with Gasteiger partial charge in [-0.15, -0.1) is 5.92 Å². The van der Waals surface area contributed by atoms with Crippen molar-refractivity contribution in [1.29, 1.82) is 0 Å². The molecule has 8 heavy (non-hydrogen) atoms. The van der Waals surface area contributed by atoms with Crippen molar-refractivity contribution in [3.63, 3.8) is 0 Å². The minimum atomic E-state index is 0.850. The summed E-state index contributed by atoms with van der Waals surface area (Å²) < 4.78 is 0. The van der Waals surface area contributed by atoms with E-state index in [0.29, 0.717) is 0 Å². The lowest BCUT2D eigenvalue weighted by molar-refractivity contribution is 1.91. The van der Waals surface area contributed by atoms with Gasteiger partial charge in [-0.2, -0.15) is 0 Å². The van der Waals surface area contributed by atoms with Crippen molar-refractivity contribution in [2.75, 3.05) is 0 Å². The number of hydrogen-bond donors (Lipinski definition) is 0. The normalized spacial score (nSPS) is 6.62. The van der Waals surface area contributed by atoms with Crippen molar-refractivity contribution >= 4 is 11.8 Å². The van der Waals surface area contributed by atoms with E-state index in [1.165, 1.54) is 11.8 Å². The van der Waals surface area contributed by atoms with Gasteiger partial charge >= 0.3 is 0 Å². The van der Waals surface area contributed by atoms with E-state index in [4.69, 9.17) is 0 Å². The average Bonchev–Trinajstić information content (AvgIpc) is 1.68. The second-order valence-corrected chi connectivity index (χ2v) is 2.14. The van der Waals surface area contributed by atoms with Crippen LogP contribution in [0, 0.1) is 11.8 Å². The predicted molar refractivity (Wildman–Crippen MR) is 40.4 cm³/mol. The molecule has 0 N–H and O–H groups in total. The van der Waals surface area contributed by atoms with E-state index in [1.807, 2.05) is 0 Å². The monoisotopic (exact) mass is 124 g/mol. The molecule has 0 amide bonds. The molecule has 0 unspecified atom stereocenters. The summed E-state index contributed by atoms with van der Waals surface area (Å²) in [5.41, 5.74) is 0. The molecule has 0 atom stereocenters. The lowest BCUT2D eigenvalue weighted by Crippen LogP contribution is -1.58. The highest BCUT2D eigenvalue weighted by molar-refractivity contribution is 8.06. The number of hydrogen-bond acceptors (Lipinski definition) is 1. The van der Waals surface area contributed by atoms with Crippen LogP contribution in [-0.2, 0) is 0 Å². The van der Waals surface area contributed by atoms with Gasteiger partial charge in [0, 0.05) is 0 Å². The Balaban J connectivity index is 3.60. The lowest BCUT2D eigenvalue weighted by Gasteiger charge is -1.83. The number of rotatable bonds is 2. The van der Waals surface area contributed by atoms with Crippen LogP contribution in [0.25, 0.3) is 0 Å². The molecule has 0 saturated carbocycles. The smallest absolute Gasteiger partial charge is 0.0543 e. The van der Waals surface area contributed by atoms with Gasteiger partial charge in [0.15, 0.2) is 0 Å². The predicted octanol–water partition coefficient (Wildman–Crippen LogP) is 2.40. The average molecular weight is 124 g/mol. The van der Waals surface area contributed by atoms with Crippen LogP contribution in [0.15, 0.2) is 23.5 Å².